The van der Waals surface area contributed by atoms with Crippen molar-refractivity contribution in [3.63, 3.8) is 0 Å². The van der Waals surface area contributed by atoms with Gasteiger partial charge in [0.25, 0.3) is 0 Å². The summed E-state index contributed by atoms with van der Waals surface area (Å²) in [6.07, 6.45) is 0. The first-order valence-corrected chi connectivity index (χ1v) is 33.6. The fourth-order valence-corrected chi connectivity index (χ4v) is 24.8. The molecule has 0 saturated heterocycles. The van der Waals surface area contributed by atoms with Crippen molar-refractivity contribution in [1.82, 2.24) is 0 Å². The van der Waals surface area contributed by atoms with Gasteiger partial charge in [-0.25, -0.2) is 0 Å². The molecule has 0 N–H and O–H groups in total. The van der Waals surface area contributed by atoms with Crippen LogP contribution in [-0.2, 0) is 43.4 Å². The minimum absolute atomic E-state index is 0. The van der Waals surface area contributed by atoms with E-state index < -0.39 is 15.8 Å². The van der Waals surface area contributed by atoms with Gasteiger partial charge in [-0.2, -0.15) is 24.3 Å². The fourth-order valence-electron chi connectivity index (χ4n) is 11.8. The predicted octanol–water partition coefficient (Wildman–Crippen LogP) is 13.2. The summed E-state index contributed by atoms with van der Waals surface area (Å²) in [6.45, 7) is 28.5. The molecule has 0 atom stereocenters. The van der Waals surface area contributed by atoms with E-state index in [-0.39, 0.29) is 84.1 Å². The molecule has 0 spiro atoms. The Kier molecular flexibility index (Phi) is 26.3. The quantitative estimate of drug-likeness (QED) is 0.0808. The zero-order valence-electron chi connectivity index (χ0n) is 50.9. The van der Waals surface area contributed by atoms with E-state index >= 15 is 0 Å². The SMILES string of the molecule is CC(C)(C)P(c1cc2ccccc2[cH-]1)C(C)(C)C.CC(C)(C)P(c1cc2ccccc2[cH-]1)C(C)(C)C.[Cl-].[Cl-].[Ti+2].[Ti+2].c1ccc(P(c2ccccc2)c2cc3ccccc3[cH-]2)cc1.c1ccc(P(c2ccccc2)c2cc3ccccc3[cH-]2)cc1. The third-order valence-electron chi connectivity index (χ3n) is 14.2. The third-order valence-corrected chi connectivity index (χ3v) is 25.9. The van der Waals surface area contributed by atoms with Crippen LogP contribution >= 0.6 is 31.7 Å². The number of benzene rings is 8. The van der Waals surface area contributed by atoms with Crippen LogP contribution in [0.5, 0.6) is 0 Å². The molecule has 0 aliphatic rings. The summed E-state index contributed by atoms with van der Waals surface area (Å²) in [5, 5.41) is 23.8. The van der Waals surface area contributed by atoms with Crippen LogP contribution in [-0.4, -0.2) is 20.6 Å². The van der Waals surface area contributed by atoms with E-state index in [1.165, 1.54) is 74.9 Å². The summed E-state index contributed by atoms with van der Waals surface area (Å²) >= 11 is 0. The maximum atomic E-state index is 2.40. The average Bonchev–Trinajstić information content (AvgIpc) is 2.83. The minimum atomic E-state index is -0.493. The van der Waals surface area contributed by atoms with Crippen LogP contribution in [0.1, 0.15) is 83.1 Å². The minimum Gasteiger partial charge on any atom is -1.00 e. The molecule has 0 aliphatic heterocycles. The molecule has 0 radical (unpaired) electrons. The van der Waals surface area contributed by atoms with Gasteiger partial charge < -0.3 is 24.8 Å². The molecule has 0 aromatic heterocycles. The van der Waals surface area contributed by atoms with Gasteiger partial charge in [0.15, 0.2) is 0 Å². The van der Waals surface area contributed by atoms with Crippen molar-refractivity contribution >= 4 is 117 Å². The van der Waals surface area contributed by atoms with Gasteiger partial charge in [0.2, 0.25) is 0 Å². The van der Waals surface area contributed by atoms with Crippen molar-refractivity contribution in [3.8, 4) is 0 Å². The summed E-state index contributed by atoms with van der Waals surface area (Å²) in [4.78, 5) is 0. The second-order valence-corrected chi connectivity index (χ2v) is 36.9. The number of halogens is 2. The third kappa shape index (κ3) is 18.0. The van der Waals surface area contributed by atoms with Crippen molar-refractivity contribution in [2.24, 2.45) is 0 Å². The van der Waals surface area contributed by atoms with Gasteiger partial charge in [-0.15, -0.1) is 161 Å². The van der Waals surface area contributed by atoms with Gasteiger partial charge in [0.1, 0.15) is 0 Å². The second-order valence-electron chi connectivity index (χ2n) is 24.7. The van der Waals surface area contributed by atoms with Crippen LogP contribution in [0.25, 0.3) is 43.1 Å². The first-order valence-electron chi connectivity index (χ1n) is 28.3. The normalized spacial score (nSPS) is 11.6. The number of fused-ring (bicyclic) bond motifs is 4. The van der Waals surface area contributed by atoms with Crippen LogP contribution in [0.2, 0.25) is 0 Å². The van der Waals surface area contributed by atoms with Crippen molar-refractivity contribution in [3.05, 3.63) is 267 Å². The summed E-state index contributed by atoms with van der Waals surface area (Å²) in [7, 11) is -1.35. The molecule has 0 amide bonds. The molecule has 0 bridgehead atoms. The molecule has 0 saturated carbocycles. The van der Waals surface area contributed by atoms with Gasteiger partial charge >= 0.3 is 43.4 Å². The Balaban J connectivity index is 0.000000203. The monoisotopic (exact) mass is 1280 g/mol. The van der Waals surface area contributed by atoms with Crippen LogP contribution in [0, 0.1) is 0 Å². The molecule has 12 rings (SSSR count). The van der Waals surface area contributed by atoms with Crippen molar-refractivity contribution in [2.45, 2.75) is 104 Å². The molecule has 8 heteroatoms. The predicted molar refractivity (Wildman–Crippen MR) is 368 cm³/mol. The number of rotatable bonds is 8. The maximum Gasteiger partial charge on any atom is 2.00 e. The molecule has 12 aromatic rings. The largest absolute Gasteiger partial charge is 2.00 e. The van der Waals surface area contributed by atoms with Crippen molar-refractivity contribution in [1.29, 1.82) is 0 Å². The Labute approximate surface area is 551 Å². The number of hydrogen-bond acceptors (Lipinski definition) is 0. The van der Waals surface area contributed by atoms with Crippen LogP contribution < -0.4 is 67.3 Å². The molecule has 0 heterocycles. The standard InChI is InChI=1S/2C21H16P.2C17H24P.2ClH.2Ti/c2*1-3-11-19(12-4-1)22(20-13-5-2-6-14-20)21-15-17-9-7-8-10-18(17)16-21;2*1-16(2,3)18(17(4,5)6)15-11-13-9-7-8-10-14(13)12-15;;;;/h2*1-16H;2*7-12H,1-6H3;2*1H;;/q4*-1;;;2*+2/p-2. The molecule has 428 valence electrons. The summed E-state index contributed by atoms with van der Waals surface area (Å²) in [5.74, 6) is 0. The Hall–Kier alpha value is -4.07. The summed E-state index contributed by atoms with van der Waals surface area (Å²) in [6, 6.07) is 97.0. The van der Waals surface area contributed by atoms with E-state index in [2.05, 4.69) is 350 Å². The molecular formula is C76H80Cl2P4Ti2-2. The Morgan fingerprint density at radius 3 is 0.619 bits per heavy atom. The molecule has 0 fully saturated rings. The molecule has 0 unspecified atom stereocenters. The van der Waals surface area contributed by atoms with E-state index in [4.69, 9.17) is 0 Å². The van der Waals surface area contributed by atoms with E-state index in [0.717, 1.165) is 0 Å². The van der Waals surface area contributed by atoms with E-state index in [9.17, 15) is 0 Å². The first-order chi connectivity index (χ1) is 38.2. The Morgan fingerprint density at radius 1 is 0.238 bits per heavy atom. The fraction of sp³-hybridized carbons (Fsp3) is 0.211. The Bertz CT molecular complexity index is 3360. The van der Waals surface area contributed by atoms with Gasteiger partial charge in [-0.3, -0.25) is 0 Å². The summed E-state index contributed by atoms with van der Waals surface area (Å²) in [5.41, 5.74) is 0. The van der Waals surface area contributed by atoms with E-state index in [1.54, 1.807) is 10.6 Å². The molecule has 0 nitrogen and oxygen atoms in total. The first kappa shape index (κ1) is 70.7. The van der Waals surface area contributed by atoms with Crippen LogP contribution in [0.3, 0.4) is 0 Å². The van der Waals surface area contributed by atoms with Crippen LogP contribution in [0.4, 0.5) is 0 Å². The zero-order valence-corrected chi connectivity index (χ0v) is 59.2. The maximum absolute atomic E-state index is 2.40. The van der Waals surface area contributed by atoms with Crippen molar-refractivity contribution < 1.29 is 68.2 Å². The van der Waals surface area contributed by atoms with Crippen molar-refractivity contribution in [2.75, 3.05) is 0 Å². The van der Waals surface area contributed by atoms with Crippen LogP contribution in [0.15, 0.2) is 267 Å². The second kappa shape index (κ2) is 31.2. The zero-order chi connectivity index (χ0) is 56.7. The summed E-state index contributed by atoms with van der Waals surface area (Å²) < 4.78 is 0. The van der Waals surface area contributed by atoms with E-state index in [1.807, 2.05) is 0 Å². The van der Waals surface area contributed by atoms with Gasteiger partial charge in [-0.1, -0.05) is 245 Å². The topological polar surface area (TPSA) is 0 Å². The average molecular weight is 1280 g/mol. The number of hydrogen-bond donors (Lipinski definition) is 0. The van der Waals surface area contributed by atoms with Gasteiger partial charge in [0, 0.05) is 0 Å². The smallest absolute Gasteiger partial charge is 1.00 e. The van der Waals surface area contributed by atoms with E-state index in [0.29, 0.717) is 20.6 Å². The molecule has 84 heavy (non-hydrogen) atoms. The molecule has 0 aliphatic carbocycles. The van der Waals surface area contributed by atoms with Gasteiger partial charge in [0.05, 0.1) is 0 Å². The molecule has 12 aromatic carbocycles. The Morgan fingerprint density at radius 2 is 0.417 bits per heavy atom. The molecular weight excluding hydrogens is 1200 g/mol. The van der Waals surface area contributed by atoms with Gasteiger partial charge in [-0.05, 0) is 57.7 Å².